The number of hydrogen-bond donors (Lipinski definition) is 12. The van der Waals surface area contributed by atoms with Crippen LogP contribution in [0.3, 0.4) is 0 Å². The third-order valence-corrected chi connectivity index (χ3v) is 18.0. The van der Waals surface area contributed by atoms with Gasteiger partial charge >= 0.3 is 15.2 Å². The highest BCUT2D eigenvalue weighted by Crippen LogP contribution is 2.41. The van der Waals surface area contributed by atoms with Gasteiger partial charge in [0.2, 0.25) is 0 Å². The van der Waals surface area contributed by atoms with Crippen molar-refractivity contribution in [3.05, 3.63) is 37.1 Å². The van der Waals surface area contributed by atoms with E-state index in [1.807, 2.05) is 133 Å². The minimum absolute atomic E-state index is 0. The van der Waals surface area contributed by atoms with Crippen LogP contribution in [0.5, 0.6) is 0 Å². The van der Waals surface area contributed by atoms with Gasteiger partial charge in [-0.3, -0.25) is 22.8 Å². The van der Waals surface area contributed by atoms with Crippen LogP contribution in [-0.2, 0) is 22.8 Å². The molecule has 0 radical (unpaired) electrons. The molecule has 0 aromatic heterocycles. The van der Waals surface area contributed by atoms with Crippen LogP contribution >= 0.6 is 37.3 Å². The molecule has 0 aliphatic carbocycles. The van der Waals surface area contributed by atoms with Gasteiger partial charge in [-0.2, -0.15) is 0 Å². The molecular weight excluding hydrogens is 1190 g/mol. The summed E-state index contributed by atoms with van der Waals surface area (Å²) >= 11 is 0. The number of aliphatic hydroxyl groups is 5. The molecule has 12 N–H and O–H groups in total. The molecular formula is C58H146N5O17P5. The monoisotopic (exact) mass is 1340 g/mol. The van der Waals surface area contributed by atoms with Crippen LogP contribution in [0.2, 0.25) is 0 Å². The minimum atomic E-state index is -4.15. The summed E-state index contributed by atoms with van der Waals surface area (Å²) in [6.07, 6.45) is -1.02. The maximum absolute atomic E-state index is 11.3. The molecule has 0 aliphatic rings. The Labute approximate surface area is 525 Å². The molecule has 13 atom stereocenters. The molecule has 0 bridgehead atoms. The second-order valence-electron chi connectivity index (χ2n) is 29.8. The Kier molecular flexibility index (Phi) is 55.6. The first-order valence-electron chi connectivity index (χ1n) is 28.1. The van der Waals surface area contributed by atoms with Crippen molar-refractivity contribution in [3.63, 3.8) is 0 Å². The fourth-order valence-electron chi connectivity index (χ4n) is 9.50. The summed E-state index contributed by atoms with van der Waals surface area (Å²) in [4.78, 5) is 63.5. The summed E-state index contributed by atoms with van der Waals surface area (Å²) in [6, 6.07) is -0.318. The third-order valence-electron chi connectivity index (χ3n) is 13.2. The SMILES string of the molecule is CC(C)CC(C(O)CP(C)(=O)O)[N+](C)(C)C.CC(C)C[C@@H]([C@@H](O)CP(C)(=O)O)[N+](C)(C)C.CC(C)C[C@@H]([C@H](O)CP(C)(=O)O)[N+](C)(C)C.CC(C)C[C@H]([C@@H](O)CP(=O)(O)O)[N+](C)(C)C.CC(C)C[C@H]([C@H](O)CP(=O)(O)O)[N+](C)(C)C.[CH3-].[CH3-].[CH3-].[CH3-].[CH3-]. The van der Waals surface area contributed by atoms with E-state index in [1.165, 1.54) is 20.0 Å². The molecule has 0 amide bonds. The van der Waals surface area contributed by atoms with Crippen molar-refractivity contribution < 1.29 is 105 Å². The van der Waals surface area contributed by atoms with E-state index in [2.05, 4.69) is 41.5 Å². The molecule has 0 spiro atoms. The Hall–Kier alpha value is 0.470. The van der Waals surface area contributed by atoms with Gasteiger partial charge in [0.25, 0.3) is 0 Å². The number of rotatable bonds is 30. The van der Waals surface area contributed by atoms with Crippen molar-refractivity contribution in [2.24, 2.45) is 29.6 Å². The van der Waals surface area contributed by atoms with Crippen molar-refractivity contribution in [2.75, 3.05) is 157 Å². The van der Waals surface area contributed by atoms with Crippen molar-refractivity contribution in [1.82, 2.24) is 0 Å². The summed E-state index contributed by atoms with van der Waals surface area (Å²) in [5.74, 6) is 2.16. The molecule has 22 nitrogen and oxygen atoms in total. The largest absolute Gasteiger partial charge is 0.386 e. The van der Waals surface area contributed by atoms with Crippen LogP contribution in [0.1, 0.15) is 101 Å². The molecule has 27 heteroatoms. The predicted octanol–water partition coefficient (Wildman–Crippen LogP) is 7.65. The lowest BCUT2D eigenvalue weighted by atomic mass is 9.97. The van der Waals surface area contributed by atoms with Gasteiger partial charge in [0.1, 0.15) is 60.7 Å². The van der Waals surface area contributed by atoms with E-state index in [-0.39, 0.29) is 85.8 Å². The molecule has 0 aromatic rings. The number of aliphatic hydroxyl groups excluding tert-OH is 5. The van der Waals surface area contributed by atoms with Crippen molar-refractivity contribution >= 4 is 37.3 Å². The lowest BCUT2D eigenvalue weighted by molar-refractivity contribution is -0.900. The average molecular weight is 1340 g/mol. The van der Waals surface area contributed by atoms with Crippen LogP contribution in [-0.4, -0.2) is 299 Å². The number of nitrogens with zero attached hydrogens (tertiary/aromatic N) is 5. The summed E-state index contributed by atoms with van der Waals surface area (Å²) in [5, 5.41) is 50.1. The van der Waals surface area contributed by atoms with E-state index >= 15 is 0 Å². The van der Waals surface area contributed by atoms with E-state index < -0.39 is 80.1 Å². The molecule has 0 heterocycles. The standard InChI is InChI=1S/3C11H26NO3P.2C10H24NO4P.5CH3/c3*1-9(2)7-10(12(3,4)5)11(13)8-16(6,14)15;2*1-8(2)6-9(11(3,4)5)10(12)7-16(13,14)15;;;;;/h3*9-11,13H,7-8H2,1-6H3;2*8-10,12H,6-7H2,1-5H3,(H-,13,14,15);5*1H3/q;;;;;5*-1/p+5/t10-,11+;10-,11-;;9-,10+;9-,10-;;;;;/m00.11...../s1. The van der Waals surface area contributed by atoms with E-state index in [1.54, 1.807) is 0 Å². The Morgan fingerprint density at radius 1 is 0.259 bits per heavy atom. The van der Waals surface area contributed by atoms with Gasteiger partial charge in [-0.1, -0.05) is 69.2 Å². The quantitative estimate of drug-likeness (QED) is 0.0187. The Morgan fingerprint density at radius 2 is 0.365 bits per heavy atom. The molecule has 0 fully saturated rings. The fourth-order valence-corrected chi connectivity index (χ4v) is 13.8. The molecule has 0 aliphatic heterocycles. The van der Waals surface area contributed by atoms with Gasteiger partial charge in [0.15, 0.2) is 22.1 Å². The number of likely N-dealkylation sites (N-methyl/N-ethyl adjacent to an activating group) is 5. The highest BCUT2D eigenvalue weighted by Gasteiger charge is 2.40. The summed E-state index contributed by atoms with van der Waals surface area (Å²) in [6.45, 7) is 24.6. The number of hydrogen-bond acceptors (Lipinski definition) is 10. The maximum Gasteiger partial charge on any atom is 0.328 e. The van der Waals surface area contributed by atoms with Crippen molar-refractivity contribution in [1.29, 1.82) is 0 Å². The van der Waals surface area contributed by atoms with Gasteiger partial charge in [0.05, 0.1) is 137 Å². The Morgan fingerprint density at radius 3 is 0.435 bits per heavy atom. The third kappa shape index (κ3) is 63.0. The van der Waals surface area contributed by atoms with Crippen LogP contribution in [0, 0.1) is 66.7 Å². The minimum Gasteiger partial charge on any atom is -0.386 e. The van der Waals surface area contributed by atoms with Gasteiger partial charge in [-0.05, 0) is 29.6 Å². The van der Waals surface area contributed by atoms with Gasteiger partial charge in [-0.25, -0.2) is 0 Å². The highest BCUT2D eigenvalue weighted by atomic mass is 31.2. The van der Waals surface area contributed by atoms with Gasteiger partial charge in [-0.15, -0.1) is 0 Å². The smallest absolute Gasteiger partial charge is 0.328 e. The molecule has 85 heavy (non-hydrogen) atoms. The zero-order valence-corrected chi connectivity index (χ0v) is 65.1. The van der Waals surface area contributed by atoms with Crippen LogP contribution in [0.15, 0.2) is 0 Å². The second-order valence-corrected chi connectivity index (χ2v) is 40.6. The van der Waals surface area contributed by atoms with Gasteiger partial charge < -0.3 is 119 Å². The maximum atomic E-state index is 11.3. The summed E-state index contributed by atoms with van der Waals surface area (Å²) in [7, 11) is 11.9. The molecule has 0 aromatic carbocycles. The highest BCUT2D eigenvalue weighted by molar-refractivity contribution is 7.57. The molecule has 5 unspecified atom stereocenters. The first kappa shape index (κ1) is 107. The van der Waals surface area contributed by atoms with Crippen LogP contribution in [0.4, 0.5) is 0 Å². The average Bonchev–Trinajstić information content (AvgIpc) is 3.11. The van der Waals surface area contributed by atoms with Crippen molar-refractivity contribution in [2.45, 2.75) is 162 Å². The molecule has 0 saturated carbocycles. The van der Waals surface area contributed by atoms with Crippen LogP contribution < -0.4 is 0 Å². The molecule has 0 rings (SSSR count). The Balaban J connectivity index is -0.000000102. The van der Waals surface area contributed by atoms with E-state index in [9.17, 15) is 63.0 Å². The topological polar surface area (TPSA) is 328 Å². The van der Waals surface area contributed by atoms with Gasteiger partial charge in [0, 0.05) is 52.1 Å². The Bertz CT molecular complexity index is 1590. The summed E-state index contributed by atoms with van der Waals surface area (Å²) < 4.78 is 58.6. The summed E-state index contributed by atoms with van der Waals surface area (Å²) in [5.41, 5.74) is 0. The number of quaternary nitrogens is 5. The first-order chi connectivity index (χ1) is 34.7. The lowest BCUT2D eigenvalue weighted by Gasteiger charge is -2.38. The van der Waals surface area contributed by atoms with E-state index in [4.69, 9.17) is 19.6 Å². The van der Waals surface area contributed by atoms with Crippen LogP contribution in [0.25, 0.3) is 0 Å². The zero-order chi connectivity index (χ0) is 65.7. The molecule has 530 valence electrons. The van der Waals surface area contributed by atoms with E-state index in [0.29, 0.717) is 52.0 Å². The predicted molar refractivity (Wildman–Crippen MR) is 364 cm³/mol. The lowest BCUT2D eigenvalue weighted by Crippen LogP contribution is -2.53. The van der Waals surface area contributed by atoms with E-state index in [0.717, 1.165) is 32.1 Å². The van der Waals surface area contributed by atoms with Crippen molar-refractivity contribution in [3.8, 4) is 0 Å². The zero-order valence-electron chi connectivity index (χ0n) is 60.6. The molecule has 0 saturated heterocycles. The second kappa shape index (κ2) is 44.1. The first-order valence-corrected chi connectivity index (χ1v) is 38.6. The normalized spacial score (nSPS) is 18.2. The fraction of sp³-hybridized carbons (Fsp3) is 0.914.